The van der Waals surface area contributed by atoms with Gasteiger partial charge in [-0.15, -0.1) is 0 Å². The molecule has 36 heavy (non-hydrogen) atoms. The molecule has 1 amide bonds. The molecule has 2 aliphatic heterocycles. The largest absolute Gasteiger partial charge is 0.474 e. The Hall–Kier alpha value is -4.06. The molecule has 0 spiro atoms. The number of halogens is 1. The third kappa shape index (κ3) is 4.98. The Morgan fingerprint density at radius 3 is 2.81 bits per heavy atom. The van der Waals surface area contributed by atoms with E-state index in [9.17, 15) is 9.18 Å². The number of carbonyl (C=O) groups is 1. The summed E-state index contributed by atoms with van der Waals surface area (Å²) in [5.74, 6) is 1.02. The van der Waals surface area contributed by atoms with Gasteiger partial charge >= 0.3 is 0 Å². The average molecular weight is 494 g/mol. The SMILES string of the molecule is CCN[C@@H]1CCN(c2ccc(Nc3ncc(F)c(Nc4ccc5c(n4)NC(=O)C(C)(C)O5)n3)cn2)C1. The topological polar surface area (TPSA) is 129 Å². The Labute approximate surface area is 207 Å². The van der Waals surface area contributed by atoms with Gasteiger partial charge in [-0.05, 0) is 51.1 Å². The van der Waals surface area contributed by atoms with Crippen LogP contribution in [0.3, 0.4) is 0 Å². The second kappa shape index (κ2) is 9.53. The third-order valence-electron chi connectivity index (χ3n) is 6.00. The number of likely N-dealkylation sites (N-methyl/N-ethyl adjacent to an activating group) is 1. The van der Waals surface area contributed by atoms with Crippen molar-refractivity contribution < 1.29 is 13.9 Å². The van der Waals surface area contributed by atoms with Crippen molar-refractivity contribution in [2.24, 2.45) is 0 Å². The van der Waals surface area contributed by atoms with Crippen LogP contribution in [0.4, 0.5) is 39.3 Å². The summed E-state index contributed by atoms with van der Waals surface area (Å²) in [5, 5.41) is 12.1. The molecule has 1 saturated heterocycles. The lowest BCUT2D eigenvalue weighted by molar-refractivity contribution is -0.129. The van der Waals surface area contributed by atoms with E-state index in [4.69, 9.17) is 4.74 Å². The maximum Gasteiger partial charge on any atom is 0.269 e. The molecule has 0 aliphatic carbocycles. The number of nitrogens with one attached hydrogen (secondary N) is 4. The van der Waals surface area contributed by atoms with Crippen molar-refractivity contribution in [1.29, 1.82) is 0 Å². The second-order valence-electron chi connectivity index (χ2n) is 9.14. The fourth-order valence-electron chi connectivity index (χ4n) is 4.10. The monoisotopic (exact) mass is 493 g/mol. The highest BCUT2D eigenvalue weighted by Gasteiger charge is 2.36. The second-order valence-corrected chi connectivity index (χ2v) is 9.14. The maximum atomic E-state index is 14.4. The Kier molecular flexibility index (Phi) is 6.27. The Balaban J connectivity index is 1.26. The predicted molar refractivity (Wildman–Crippen MR) is 135 cm³/mol. The van der Waals surface area contributed by atoms with Crippen LogP contribution in [-0.4, -0.2) is 57.1 Å². The Bertz CT molecular complexity index is 1270. The molecule has 1 atom stereocenters. The van der Waals surface area contributed by atoms with E-state index in [2.05, 4.69) is 53.0 Å². The van der Waals surface area contributed by atoms with E-state index in [0.717, 1.165) is 38.1 Å². The minimum absolute atomic E-state index is 0.0700. The van der Waals surface area contributed by atoms with Gasteiger partial charge in [0.1, 0.15) is 11.6 Å². The maximum absolute atomic E-state index is 14.4. The minimum atomic E-state index is -1.00. The van der Waals surface area contributed by atoms with E-state index in [1.807, 2.05) is 12.1 Å². The summed E-state index contributed by atoms with van der Waals surface area (Å²) in [6.07, 6.45) is 3.85. The molecule has 0 aromatic carbocycles. The number of hydrogen-bond donors (Lipinski definition) is 4. The molecule has 2 aliphatic rings. The summed E-state index contributed by atoms with van der Waals surface area (Å²) in [6, 6.07) is 7.57. The summed E-state index contributed by atoms with van der Waals surface area (Å²) < 4.78 is 20.1. The fourth-order valence-corrected chi connectivity index (χ4v) is 4.10. The molecule has 3 aromatic rings. The van der Waals surface area contributed by atoms with Gasteiger partial charge in [-0.2, -0.15) is 4.98 Å². The molecule has 0 bridgehead atoms. The number of fused-ring (bicyclic) bond motifs is 1. The van der Waals surface area contributed by atoms with Gasteiger partial charge in [0.25, 0.3) is 5.91 Å². The Morgan fingerprint density at radius 2 is 2.03 bits per heavy atom. The number of hydrogen-bond acceptors (Lipinski definition) is 10. The van der Waals surface area contributed by atoms with Gasteiger partial charge in [0, 0.05) is 19.1 Å². The molecule has 5 rings (SSSR count). The summed E-state index contributed by atoms with van der Waals surface area (Å²) in [4.78, 5) is 31.5. The van der Waals surface area contributed by atoms with Crippen LogP contribution in [0.5, 0.6) is 5.75 Å². The molecule has 0 saturated carbocycles. The van der Waals surface area contributed by atoms with Crippen LogP contribution in [-0.2, 0) is 4.79 Å². The van der Waals surface area contributed by atoms with Crippen LogP contribution in [0.15, 0.2) is 36.7 Å². The molecule has 5 heterocycles. The molecule has 188 valence electrons. The van der Waals surface area contributed by atoms with Gasteiger partial charge in [-0.1, -0.05) is 6.92 Å². The lowest BCUT2D eigenvalue weighted by Crippen LogP contribution is -2.46. The van der Waals surface area contributed by atoms with Gasteiger partial charge in [0.15, 0.2) is 28.8 Å². The van der Waals surface area contributed by atoms with Crippen molar-refractivity contribution >= 4 is 40.8 Å². The molecule has 3 aromatic heterocycles. The summed E-state index contributed by atoms with van der Waals surface area (Å²) >= 11 is 0. The minimum Gasteiger partial charge on any atom is -0.474 e. The van der Waals surface area contributed by atoms with E-state index in [1.54, 1.807) is 32.2 Å². The number of nitrogens with zero attached hydrogens (tertiary/aromatic N) is 5. The normalized spacial score (nSPS) is 18.3. The number of amides is 1. The van der Waals surface area contributed by atoms with Crippen molar-refractivity contribution in [3.63, 3.8) is 0 Å². The number of ether oxygens (including phenoxy) is 1. The summed E-state index contributed by atoms with van der Waals surface area (Å²) in [6.45, 7) is 8.27. The first-order chi connectivity index (χ1) is 17.3. The van der Waals surface area contributed by atoms with Crippen molar-refractivity contribution in [3.8, 4) is 5.75 Å². The smallest absolute Gasteiger partial charge is 0.269 e. The standard InChI is InChI=1S/C24H28FN9O2/c1-4-26-15-9-10-34(13-15)19-8-5-14(11-27-19)29-23-28-12-16(25)20(33-23)30-18-7-6-17-21(31-18)32-22(35)24(2,3)36-17/h5-8,11-12,15,26H,4,9-10,13H2,1-3H3,(H3,28,29,30,31,32,33,35)/t15-/m1/s1. The quantitative estimate of drug-likeness (QED) is 0.389. The van der Waals surface area contributed by atoms with Crippen LogP contribution < -0.4 is 30.9 Å². The molecule has 12 heteroatoms. The van der Waals surface area contributed by atoms with Gasteiger partial charge in [-0.25, -0.2) is 19.3 Å². The number of aromatic nitrogens is 4. The molecular formula is C24H28FN9O2. The lowest BCUT2D eigenvalue weighted by Gasteiger charge is -2.30. The van der Waals surface area contributed by atoms with E-state index in [1.165, 1.54) is 0 Å². The highest BCUT2D eigenvalue weighted by Crippen LogP contribution is 2.33. The lowest BCUT2D eigenvalue weighted by atomic mass is 10.1. The highest BCUT2D eigenvalue weighted by molar-refractivity contribution is 5.99. The molecule has 11 nitrogen and oxygen atoms in total. The molecule has 0 unspecified atom stereocenters. The van der Waals surface area contributed by atoms with Crippen LogP contribution in [0.2, 0.25) is 0 Å². The van der Waals surface area contributed by atoms with Gasteiger partial charge < -0.3 is 30.9 Å². The van der Waals surface area contributed by atoms with Crippen LogP contribution in [0, 0.1) is 5.82 Å². The van der Waals surface area contributed by atoms with E-state index in [-0.39, 0.29) is 29.3 Å². The van der Waals surface area contributed by atoms with Crippen molar-refractivity contribution in [2.75, 3.05) is 40.5 Å². The molecule has 4 N–H and O–H groups in total. The highest BCUT2D eigenvalue weighted by atomic mass is 19.1. The first kappa shape index (κ1) is 23.7. The van der Waals surface area contributed by atoms with Crippen LogP contribution in [0.1, 0.15) is 27.2 Å². The van der Waals surface area contributed by atoms with Crippen molar-refractivity contribution in [1.82, 2.24) is 25.3 Å². The summed E-state index contributed by atoms with van der Waals surface area (Å²) in [7, 11) is 0. The van der Waals surface area contributed by atoms with E-state index >= 15 is 0 Å². The first-order valence-electron chi connectivity index (χ1n) is 11.8. The summed E-state index contributed by atoms with van der Waals surface area (Å²) in [5.41, 5.74) is -0.327. The third-order valence-corrected chi connectivity index (χ3v) is 6.00. The number of carbonyl (C=O) groups excluding carboxylic acids is 1. The molecule has 0 radical (unpaired) electrons. The molecular weight excluding hydrogens is 465 g/mol. The predicted octanol–water partition coefficient (Wildman–Crippen LogP) is 3.19. The van der Waals surface area contributed by atoms with Crippen molar-refractivity contribution in [3.05, 3.63) is 42.5 Å². The Morgan fingerprint density at radius 1 is 1.17 bits per heavy atom. The van der Waals surface area contributed by atoms with E-state index in [0.29, 0.717) is 17.5 Å². The van der Waals surface area contributed by atoms with Crippen LogP contribution in [0.25, 0.3) is 0 Å². The zero-order valence-corrected chi connectivity index (χ0v) is 20.3. The molecule has 1 fully saturated rings. The zero-order chi connectivity index (χ0) is 25.3. The average Bonchev–Trinajstić information content (AvgIpc) is 3.31. The fraction of sp³-hybridized carbons (Fsp3) is 0.375. The van der Waals surface area contributed by atoms with Gasteiger partial charge in [0.05, 0.1) is 18.1 Å². The first-order valence-corrected chi connectivity index (χ1v) is 11.8. The van der Waals surface area contributed by atoms with E-state index < -0.39 is 11.4 Å². The van der Waals surface area contributed by atoms with Crippen molar-refractivity contribution in [2.45, 2.75) is 38.8 Å². The van der Waals surface area contributed by atoms with Crippen LogP contribution >= 0.6 is 0 Å². The van der Waals surface area contributed by atoms with Gasteiger partial charge in [-0.3, -0.25) is 4.79 Å². The number of anilines is 6. The number of pyridine rings is 2. The number of rotatable bonds is 7. The van der Waals surface area contributed by atoms with Gasteiger partial charge in [0.2, 0.25) is 5.95 Å². The zero-order valence-electron chi connectivity index (χ0n) is 20.3.